The van der Waals surface area contributed by atoms with E-state index < -0.39 is 40.2 Å². The molecular weight excluding hydrogens is 565 g/mol. The van der Waals surface area contributed by atoms with Crippen LogP contribution in [0.5, 0.6) is 0 Å². The zero-order valence-electron chi connectivity index (χ0n) is 22.3. The lowest BCUT2D eigenvalue weighted by atomic mass is 10.0. The number of amides is 2. The SMILES string of the molecule is CNC(=O)C(Cc1ccccc1)N(Cc1ccc(F)cc1)C(=O)CN(c1ccccc1Cl)S(=O)(=O)c1ccccc1. The van der Waals surface area contributed by atoms with Gasteiger partial charge in [-0.05, 0) is 47.5 Å². The summed E-state index contributed by atoms with van der Waals surface area (Å²) in [6.07, 6.45) is 0.172. The van der Waals surface area contributed by atoms with Gasteiger partial charge in [-0.1, -0.05) is 84.4 Å². The van der Waals surface area contributed by atoms with Crippen molar-refractivity contribution in [1.82, 2.24) is 10.2 Å². The molecule has 0 aromatic heterocycles. The van der Waals surface area contributed by atoms with Crippen LogP contribution < -0.4 is 9.62 Å². The highest BCUT2D eigenvalue weighted by molar-refractivity contribution is 7.92. The van der Waals surface area contributed by atoms with Crippen LogP contribution in [0.25, 0.3) is 0 Å². The third kappa shape index (κ3) is 7.31. The van der Waals surface area contributed by atoms with Gasteiger partial charge >= 0.3 is 0 Å². The molecule has 10 heteroatoms. The first kappa shape index (κ1) is 29.8. The fraction of sp³-hybridized carbons (Fsp3) is 0.161. The molecule has 0 radical (unpaired) electrons. The molecule has 4 rings (SSSR count). The van der Waals surface area contributed by atoms with Crippen molar-refractivity contribution in [3.05, 3.63) is 131 Å². The van der Waals surface area contributed by atoms with Crippen LogP contribution in [0.1, 0.15) is 11.1 Å². The minimum atomic E-state index is -4.24. The molecule has 212 valence electrons. The number of hydrogen-bond acceptors (Lipinski definition) is 4. The van der Waals surface area contributed by atoms with Crippen LogP contribution in [0, 0.1) is 5.82 Å². The molecule has 0 aliphatic carbocycles. The van der Waals surface area contributed by atoms with Gasteiger partial charge in [-0.3, -0.25) is 13.9 Å². The van der Waals surface area contributed by atoms with Gasteiger partial charge in [0, 0.05) is 20.0 Å². The lowest BCUT2D eigenvalue weighted by Crippen LogP contribution is -2.53. The number of nitrogens with one attached hydrogen (secondary N) is 1. The summed E-state index contributed by atoms with van der Waals surface area (Å²) in [4.78, 5) is 28.7. The number of para-hydroxylation sites is 1. The molecule has 0 saturated carbocycles. The summed E-state index contributed by atoms with van der Waals surface area (Å²) in [6.45, 7) is -0.698. The van der Waals surface area contributed by atoms with Crippen molar-refractivity contribution in [2.75, 3.05) is 17.9 Å². The lowest BCUT2D eigenvalue weighted by molar-refractivity contribution is -0.139. The molecule has 7 nitrogen and oxygen atoms in total. The number of carbonyl (C=O) groups is 2. The zero-order valence-corrected chi connectivity index (χ0v) is 23.9. The van der Waals surface area contributed by atoms with Crippen molar-refractivity contribution >= 4 is 39.1 Å². The molecule has 0 spiro atoms. The summed E-state index contributed by atoms with van der Waals surface area (Å²) < 4.78 is 42.4. The minimum absolute atomic E-state index is 0.0232. The smallest absolute Gasteiger partial charge is 0.264 e. The quantitative estimate of drug-likeness (QED) is 0.263. The van der Waals surface area contributed by atoms with E-state index in [0.29, 0.717) is 5.56 Å². The van der Waals surface area contributed by atoms with Crippen LogP contribution in [-0.4, -0.2) is 44.8 Å². The Labute approximate surface area is 244 Å². The van der Waals surface area contributed by atoms with Gasteiger partial charge < -0.3 is 10.2 Å². The van der Waals surface area contributed by atoms with Crippen LogP contribution in [0.4, 0.5) is 10.1 Å². The molecule has 2 amide bonds. The summed E-state index contributed by atoms with van der Waals surface area (Å²) in [7, 11) is -2.77. The third-order valence-corrected chi connectivity index (χ3v) is 8.61. The van der Waals surface area contributed by atoms with Crippen LogP contribution >= 0.6 is 11.6 Å². The highest BCUT2D eigenvalue weighted by Gasteiger charge is 2.34. The average Bonchev–Trinajstić information content (AvgIpc) is 2.99. The number of hydrogen-bond donors (Lipinski definition) is 1. The highest BCUT2D eigenvalue weighted by Crippen LogP contribution is 2.31. The first-order valence-electron chi connectivity index (χ1n) is 12.8. The Morgan fingerprint density at radius 1 is 0.829 bits per heavy atom. The van der Waals surface area contributed by atoms with Crippen LogP contribution in [0.15, 0.2) is 114 Å². The van der Waals surface area contributed by atoms with Crippen molar-refractivity contribution in [2.45, 2.75) is 23.9 Å². The summed E-state index contributed by atoms with van der Waals surface area (Å²) >= 11 is 6.43. The van der Waals surface area contributed by atoms with Crippen molar-refractivity contribution in [3.63, 3.8) is 0 Å². The van der Waals surface area contributed by atoms with Gasteiger partial charge in [-0.2, -0.15) is 0 Å². The van der Waals surface area contributed by atoms with Gasteiger partial charge in [0.15, 0.2) is 0 Å². The van der Waals surface area contributed by atoms with E-state index >= 15 is 0 Å². The third-order valence-electron chi connectivity index (χ3n) is 6.51. The molecule has 1 unspecified atom stereocenters. The van der Waals surface area contributed by atoms with Crippen molar-refractivity contribution in [3.8, 4) is 0 Å². The monoisotopic (exact) mass is 593 g/mol. The predicted molar refractivity (Wildman–Crippen MR) is 157 cm³/mol. The average molecular weight is 594 g/mol. The summed E-state index contributed by atoms with van der Waals surface area (Å²) in [5, 5.41) is 2.76. The maximum atomic E-state index is 14.2. The summed E-state index contributed by atoms with van der Waals surface area (Å²) in [5.41, 5.74) is 1.49. The van der Waals surface area contributed by atoms with Gasteiger partial charge in [0.1, 0.15) is 18.4 Å². The number of benzene rings is 4. The largest absolute Gasteiger partial charge is 0.357 e. The predicted octanol–water partition coefficient (Wildman–Crippen LogP) is 5.06. The number of rotatable bonds is 11. The molecule has 0 heterocycles. The lowest BCUT2D eigenvalue weighted by Gasteiger charge is -2.33. The maximum absolute atomic E-state index is 14.2. The van der Waals surface area contributed by atoms with Gasteiger partial charge in [0.25, 0.3) is 10.0 Å². The Hall–Kier alpha value is -4.21. The van der Waals surface area contributed by atoms with E-state index in [0.717, 1.165) is 9.87 Å². The van der Waals surface area contributed by atoms with Gasteiger partial charge in [0.05, 0.1) is 15.6 Å². The summed E-state index contributed by atoms with van der Waals surface area (Å²) in [6, 6.07) is 27.8. The standard InChI is InChI=1S/C31H29ClFN3O4S/c1-34-31(38)29(20-23-10-4-2-5-11-23)35(21-24-16-18-25(33)19-17-24)30(37)22-36(28-15-9-8-14-27(28)32)41(39,40)26-12-6-3-7-13-26/h2-19,29H,20-22H2,1H3,(H,34,38). The first-order valence-corrected chi connectivity index (χ1v) is 14.6. The molecule has 1 N–H and O–H groups in total. The van der Waals surface area contributed by atoms with Crippen molar-refractivity contribution < 1.29 is 22.4 Å². The Morgan fingerprint density at radius 3 is 2.02 bits per heavy atom. The second-order valence-corrected chi connectivity index (χ2v) is 11.5. The van der Waals surface area contributed by atoms with Gasteiger partial charge in [-0.15, -0.1) is 0 Å². The first-order chi connectivity index (χ1) is 19.7. The van der Waals surface area contributed by atoms with E-state index in [1.807, 2.05) is 30.3 Å². The van der Waals surface area contributed by atoms with Gasteiger partial charge in [0.2, 0.25) is 11.8 Å². The van der Waals surface area contributed by atoms with Crippen LogP contribution in [0.2, 0.25) is 5.02 Å². The van der Waals surface area contributed by atoms with E-state index in [4.69, 9.17) is 11.6 Å². The molecule has 4 aromatic rings. The second-order valence-electron chi connectivity index (χ2n) is 9.24. The summed E-state index contributed by atoms with van der Waals surface area (Å²) in [5.74, 6) is -1.52. The molecule has 0 bridgehead atoms. The molecule has 41 heavy (non-hydrogen) atoms. The van der Waals surface area contributed by atoms with Gasteiger partial charge in [-0.25, -0.2) is 12.8 Å². The molecule has 0 aliphatic heterocycles. The second kappa shape index (κ2) is 13.4. The van der Waals surface area contributed by atoms with Crippen molar-refractivity contribution in [1.29, 1.82) is 0 Å². The van der Waals surface area contributed by atoms with E-state index in [1.165, 1.54) is 60.5 Å². The fourth-order valence-electron chi connectivity index (χ4n) is 4.39. The molecule has 0 aliphatic rings. The molecule has 0 saturated heterocycles. The number of nitrogens with zero attached hydrogens (tertiary/aromatic N) is 2. The normalized spacial score (nSPS) is 11.9. The topological polar surface area (TPSA) is 86.8 Å². The Kier molecular flexibility index (Phi) is 9.75. The molecule has 4 aromatic carbocycles. The Bertz CT molecular complexity index is 1590. The number of sulfonamides is 1. The zero-order chi connectivity index (χ0) is 29.4. The molecule has 0 fully saturated rings. The minimum Gasteiger partial charge on any atom is -0.357 e. The Morgan fingerprint density at radius 2 is 1.41 bits per heavy atom. The van der Waals surface area contributed by atoms with Crippen LogP contribution in [0.3, 0.4) is 0 Å². The molecular formula is C31H29ClFN3O4S. The number of halogens is 2. The fourth-order valence-corrected chi connectivity index (χ4v) is 6.14. The van der Waals surface area contributed by atoms with E-state index in [9.17, 15) is 22.4 Å². The Balaban J connectivity index is 1.78. The molecule has 1 atom stereocenters. The van der Waals surface area contributed by atoms with E-state index in [1.54, 1.807) is 30.3 Å². The van der Waals surface area contributed by atoms with E-state index in [-0.39, 0.29) is 28.6 Å². The highest BCUT2D eigenvalue weighted by atomic mass is 35.5. The number of carbonyl (C=O) groups excluding carboxylic acids is 2. The van der Waals surface area contributed by atoms with E-state index in [2.05, 4.69) is 5.32 Å². The van der Waals surface area contributed by atoms with Crippen molar-refractivity contribution in [2.24, 2.45) is 0 Å². The number of anilines is 1. The van der Waals surface area contributed by atoms with Crippen LogP contribution in [-0.2, 0) is 32.6 Å². The number of likely N-dealkylation sites (N-methyl/N-ethyl adjacent to an activating group) is 1. The maximum Gasteiger partial charge on any atom is 0.264 e.